The summed E-state index contributed by atoms with van der Waals surface area (Å²) in [6.45, 7) is 2.08. The second-order valence-corrected chi connectivity index (χ2v) is 6.69. The molecule has 2 aromatic rings. The van der Waals surface area contributed by atoms with E-state index >= 15 is 0 Å². The fraction of sp³-hybridized carbons (Fsp3) is 0.467. The maximum atomic E-state index is 6.39. The van der Waals surface area contributed by atoms with Gasteiger partial charge in [-0.3, -0.25) is 0 Å². The van der Waals surface area contributed by atoms with E-state index in [1.807, 2.05) is 24.3 Å². The van der Waals surface area contributed by atoms with Crippen molar-refractivity contribution in [3.8, 4) is 11.4 Å². The van der Waals surface area contributed by atoms with E-state index in [2.05, 4.69) is 33.0 Å². The number of nitrogens with zero attached hydrogens (tertiary/aromatic N) is 2. The van der Waals surface area contributed by atoms with E-state index in [0.717, 1.165) is 22.9 Å². The number of hydrogen-bond donors (Lipinski definition) is 1. The molecule has 0 saturated heterocycles. The van der Waals surface area contributed by atoms with Crippen LogP contribution in [-0.4, -0.2) is 15.7 Å². The van der Waals surface area contributed by atoms with Crippen LogP contribution >= 0.6 is 15.9 Å². The van der Waals surface area contributed by atoms with E-state index in [9.17, 15) is 0 Å². The molecule has 0 spiro atoms. The molecule has 3 rings (SSSR count). The van der Waals surface area contributed by atoms with E-state index in [-0.39, 0.29) is 11.5 Å². The molecule has 2 unspecified atom stereocenters. The summed E-state index contributed by atoms with van der Waals surface area (Å²) in [4.78, 5) is 4.56. The fourth-order valence-corrected chi connectivity index (χ4v) is 3.28. The predicted molar refractivity (Wildman–Crippen MR) is 81.2 cm³/mol. The van der Waals surface area contributed by atoms with E-state index in [1.54, 1.807) is 0 Å². The van der Waals surface area contributed by atoms with Crippen LogP contribution in [0, 0.1) is 0 Å². The Labute approximate surface area is 126 Å². The van der Waals surface area contributed by atoms with Crippen molar-refractivity contribution in [2.24, 2.45) is 5.73 Å². The van der Waals surface area contributed by atoms with Crippen LogP contribution < -0.4 is 5.73 Å². The topological polar surface area (TPSA) is 64.9 Å². The maximum Gasteiger partial charge on any atom is 0.231 e. The van der Waals surface area contributed by atoms with Crippen LogP contribution in [0.4, 0.5) is 0 Å². The lowest BCUT2D eigenvalue weighted by Crippen LogP contribution is -2.44. The van der Waals surface area contributed by atoms with Crippen LogP contribution in [0.25, 0.3) is 11.4 Å². The minimum Gasteiger partial charge on any atom is -0.339 e. The van der Waals surface area contributed by atoms with Crippen molar-refractivity contribution in [3.05, 3.63) is 34.6 Å². The number of halogens is 1. The normalized spacial score (nSPS) is 26.6. The van der Waals surface area contributed by atoms with Crippen molar-refractivity contribution in [1.29, 1.82) is 0 Å². The summed E-state index contributed by atoms with van der Waals surface area (Å²) in [5.74, 6) is 1.46. The molecule has 106 valence electrons. The Bertz CT molecular complexity index is 609. The molecule has 4 nitrogen and oxygen atoms in total. The van der Waals surface area contributed by atoms with Gasteiger partial charge in [-0.05, 0) is 31.9 Å². The van der Waals surface area contributed by atoms with Gasteiger partial charge in [-0.15, -0.1) is 0 Å². The molecule has 5 heteroatoms. The third kappa shape index (κ3) is 2.65. The van der Waals surface area contributed by atoms with Gasteiger partial charge in [0.2, 0.25) is 11.7 Å². The van der Waals surface area contributed by atoms with Gasteiger partial charge in [0.15, 0.2) is 0 Å². The lowest BCUT2D eigenvalue weighted by molar-refractivity contribution is 0.223. The van der Waals surface area contributed by atoms with Crippen LogP contribution in [0.3, 0.4) is 0 Å². The van der Waals surface area contributed by atoms with Crippen molar-refractivity contribution in [2.45, 2.75) is 44.1 Å². The number of aromatic nitrogens is 2. The van der Waals surface area contributed by atoms with Gasteiger partial charge in [-0.25, -0.2) is 0 Å². The predicted octanol–water partition coefficient (Wildman–Crippen LogP) is 3.87. The van der Waals surface area contributed by atoms with E-state index < -0.39 is 0 Å². The second kappa shape index (κ2) is 5.30. The fourth-order valence-electron chi connectivity index (χ4n) is 2.89. The van der Waals surface area contributed by atoms with Gasteiger partial charge in [0.05, 0.1) is 5.92 Å². The zero-order chi connectivity index (χ0) is 14.2. The zero-order valence-corrected chi connectivity index (χ0v) is 13.1. The largest absolute Gasteiger partial charge is 0.339 e. The molecule has 1 aromatic carbocycles. The summed E-state index contributed by atoms with van der Waals surface area (Å²) in [6, 6.07) is 7.89. The van der Waals surface area contributed by atoms with Gasteiger partial charge in [0.25, 0.3) is 0 Å². The highest BCUT2D eigenvalue weighted by Gasteiger charge is 2.37. The summed E-state index contributed by atoms with van der Waals surface area (Å²) in [5.41, 5.74) is 7.09. The first-order valence-electron chi connectivity index (χ1n) is 6.95. The third-order valence-corrected chi connectivity index (χ3v) is 4.57. The molecule has 1 aliphatic rings. The van der Waals surface area contributed by atoms with E-state index in [0.29, 0.717) is 11.7 Å². The molecule has 1 saturated carbocycles. The first-order valence-corrected chi connectivity index (χ1v) is 7.74. The Balaban J connectivity index is 1.90. The zero-order valence-electron chi connectivity index (χ0n) is 11.5. The molecule has 2 N–H and O–H groups in total. The van der Waals surface area contributed by atoms with E-state index in [1.165, 1.54) is 12.8 Å². The van der Waals surface area contributed by atoms with Crippen LogP contribution in [-0.2, 0) is 0 Å². The number of benzene rings is 1. The molecule has 1 fully saturated rings. The molecule has 0 aliphatic heterocycles. The van der Waals surface area contributed by atoms with Crippen molar-refractivity contribution in [1.82, 2.24) is 10.1 Å². The minimum absolute atomic E-state index is 0.157. The maximum absolute atomic E-state index is 6.39. The van der Waals surface area contributed by atoms with Crippen molar-refractivity contribution in [3.63, 3.8) is 0 Å². The van der Waals surface area contributed by atoms with Crippen molar-refractivity contribution in [2.75, 3.05) is 0 Å². The van der Waals surface area contributed by atoms with Gasteiger partial charge in [0, 0.05) is 15.6 Å². The number of nitrogens with two attached hydrogens (primary N) is 1. The molecule has 0 bridgehead atoms. The molecule has 1 heterocycles. The van der Waals surface area contributed by atoms with Crippen LogP contribution in [0.15, 0.2) is 33.3 Å². The second-order valence-electron chi connectivity index (χ2n) is 5.77. The van der Waals surface area contributed by atoms with Crippen LogP contribution in [0.5, 0.6) is 0 Å². The highest BCUT2D eigenvalue weighted by molar-refractivity contribution is 9.10. The lowest BCUT2D eigenvalue weighted by Gasteiger charge is -2.35. The van der Waals surface area contributed by atoms with Crippen molar-refractivity contribution < 1.29 is 4.52 Å². The van der Waals surface area contributed by atoms with Gasteiger partial charge in [-0.2, -0.15) is 4.98 Å². The minimum atomic E-state index is -0.251. The highest BCUT2D eigenvalue weighted by Crippen LogP contribution is 2.38. The van der Waals surface area contributed by atoms with Gasteiger partial charge in [-0.1, -0.05) is 46.1 Å². The Hall–Kier alpha value is -1.20. The average molecular weight is 336 g/mol. The van der Waals surface area contributed by atoms with Gasteiger partial charge < -0.3 is 10.3 Å². The Morgan fingerprint density at radius 3 is 3.00 bits per heavy atom. The quantitative estimate of drug-likeness (QED) is 0.904. The standard InChI is InChI=1S/C15H18BrN3O/c1-15(17)8-3-2-7-12(15)14-18-13(19-20-14)10-5-4-6-11(16)9-10/h4-6,9,12H,2-3,7-8,17H2,1H3. The number of hydrogen-bond acceptors (Lipinski definition) is 4. The molecule has 0 radical (unpaired) electrons. The SMILES string of the molecule is CC1(N)CCCCC1c1nc(-c2cccc(Br)c2)no1. The third-order valence-electron chi connectivity index (χ3n) is 4.08. The smallest absolute Gasteiger partial charge is 0.231 e. The summed E-state index contributed by atoms with van der Waals surface area (Å²) < 4.78 is 6.48. The Morgan fingerprint density at radius 1 is 1.40 bits per heavy atom. The number of rotatable bonds is 2. The van der Waals surface area contributed by atoms with Crippen molar-refractivity contribution >= 4 is 15.9 Å². The molecule has 1 aliphatic carbocycles. The van der Waals surface area contributed by atoms with E-state index in [4.69, 9.17) is 10.3 Å². The summed E-state index contributed by atoms with van der Waals surface area (Å²) in [6.07, 6.45) is 4.38. The van der Waals surface area contributed by atoms with Gasteiger partial charge >= 0.3 is 0 Å². The molecule has 1 aromatic heterocycles. The summed E-state index contributed by atoms with van der Waals surface area (Å²) in [7, 11) is 0. The monoisotopic (exact) mass is 335 g/mol. The average Bonchev–Trinajstić information content (AvgIpc) is 2.87. The first kappa shape index (κ1) is 13.8. The Morgan fingerprint density at radius 2 is 2.25 bits per heavy atom. The van der Waals surface area contributed by atoms with Gasteiger partial charge in [0.1, 0.15) is 0 Å². The lowest BCUT2D eigenvalue weighted by atomic mass is 9.74. The summed E-state index contributed by atoms with van der Waals surface area (Å²) >= 11 is 3.45. The highest BCUT2D eigenvalue weighted by atomic mass is 79.9. The first-order chi connectivity index (χ1) is 9.56. The molecule has 2 atom stereocenters. The molecular formula is C15H18BrN3O. The van der Waals surface area contributed by atoms with Crippen LogP contribution in [0.1, 0.15) is 44.4 Å². The molecular weight excluding hydrogens is 318 g/mol. The summed E-state index contributed by atoms with van der Waals surface area (Å²) in [5, 5.41) is 4.11. The molecule has 0 amide bonds. The molecule has 20 heavy (non-hydrogen) atoms. The van der Waals surface area contributed by atoms with Crippen LogP contribution in [0.2, 0.25) is 0 Å². The Kier molecular flexibility index (Phi) is 3.65.